The Morgan fingerprint density at radius 3 is 2.49 bits per heavy atom. The molecule has 0 unspecified atom stereocenters. The van der Waals surface area contributed by atoms with E-state index in [9.17, 15) is 4.79 Å². The van der Waals surface area contributed by atoms with Gasteiger partial charge in [-0.15, -0.1) is 0 Å². The molecule has 11 nitrogen and oxygen atoms in total. The van der Waals surface area contributed by atoms with Gasteiger partial charge in [-0.1, -0.05) is 26.6 Å². The van der Waals surface area contributed by atoms with Gasteiger partial charge in [0.15, 0.2) is 0 Å². The molecule has 3 aromatic heterocycles. The molecule has 3 aromatic rings. The summed E-state index contributed by atoms with van der Waals surface area (Å²) in [6.45, 7) is 16.9. The maximum absolute atomic E-state index is 12.7. The zero-order valence-corrected chi connectivity index (χ0v) is 26.3. The fourth-order valence-corrected chi connectivity index (χ4v) is 5.65. The first-order valence-corrected chi connectivity index (χ1v) is 18.1. The number of amides is 2. The predicted molar refractivity (Wildman–Crippen MR) is 166 cm³/mol. The summed E-state index contributed by atoms with van der Waals surface area (Å²) in [4.78, 5) is 26.8. The van der Waals surface area contributed by atoms with E-state index in [1.807, 2.05) is 22.9 Å². The Labute approximate surface area is 244 Å². The first-order chi connectivity index (χ1) is 19.7. The largest absolute Gasteiger partial charge is 0.496 e. The normalized spacial score (nSPS) is 14.8. The first-order valence-electron chi connectivity index (χ1n) is 14.4. The topological polar surface area (TPSA) is 106 Å². The van der Waals surface area contributed by atoms with Crippen LogP contribution in [0.25, 0.3) is 22.2 Å². The minimum absolute atomic E-state index is 0.274. The van der Waals surface area contributed by atoms with Crippen LogP contribution in [0.3, 0.4) is 0 Å². The molecule has 1 fully saturated rings. The Morgan fingerprint density at radius 2 is 1.80 bits per heavy atom. The second-order valence-corrected chi connectivity index (χ2v) is 17.1. The van der Waals surface area contributed by atoms with Crippen LogP contribution in [0.4, 0.5) is 10.6 Å². The fraction of sp³-hybridized carbons (Fsp3) is 0.552. The van der Waals surface area contributed by atoms with E-state index in [4.69, 9.17) is 19.2 Å². The molecule has 1 aliphatic rings. The summed E-state index contributed by atoms with van der Waals surface area (Å²) in [5, 5.41) is 6.74. The average molecular weight is 584 g/mol. The number of nitrogens with one attached hydrogen (secondary N) is 2. The van der Waals surface area contributed by atoms with E-state index in [2.05, 4.69) is 52.0 Å². The van der Waals surface area contributed by atoms with Gasteiger partial charge in [-0.25, -0.2) is 14.8 Å². The van der Waals surface area contributed by atoms with Gasteiger partial charge in [0, 0.05) is 77.3 Å². The zero-order valence-electron chi connectivity index (χ0n) is 25.3. The number of likely N-dealkylation sites (N-methyl/N-ethyl adjacent to an activating group) is 1. The van der Waals surface area contributed by atoms with Crippen LogP contribution in [-0.2, 0) is 11.5 Å². The number of hydrogen-bond donors (Lipinski definition) is 2. The Kier molecular flexibility index (Phi) is 10.6. The second-order valence-electron chi connectivity index (χ2n) is 11.5. The average Bonchev–Trinajstić information content (AvgIpc) is 3.31. The number of ether oxygens (including phenoxy) is 3. The molecule has 1 saturated heterocycles. The number of fused-ring (bicyclic) bond motifs is 1. The van der Waals surface area contributed by atoms with Crippen molar-refractivity contribution < 1.29 is 19.0 Å². The van der Waals surface area contributed by atoms with Gasteiger partial charge in [0.2, 0.25) is 5.88 Å². The molecule has 0 saturated carbocycles. The summed E-state index contributed by atoms with van der Waals surface area (Å²) in [6.07, 6.45) is 3.64. The lowest BCUT2D eigenvalue weighted by Crippen LogP contribution is -2.48. The molecule has 0 bridgehead atoms. The second kappa shape index (κ2) is 14.1. The summed E-state index contributed by atoms with van der Waals surface area (Å²) in [6, 6.07) is 6.36. The minimum atomic E-state index is -1.23. The molecule has 0 atom stereocenters. The lowest BCUT2D eigenvalue weighted by atomic mass is 10.1. The number of pyridine rings is 2. The van der Waals surface area contributed by atoms with Crippen molar-refractivity contribution in [1.29, 1.82) is 0 Å². The summed E-state index contributed by atoms with van der Waals surface area (Å²) in [5.74, 6) is 1.57. The van der Waals surface area contributed by atoms with Crippen LogP contribution < -0.4 is 20.1 Å². The molecule has 2 N–H and O–H groups in total. The molecule has 41 heavy (non-hydrogen) atoms. The Bertz CT molecular complexity index is 1280. The Balaban J connectivity index is 1.51. The number of rotatable bonds is 13. The van der Waals surface area contributed by atoms with Gasteiger partial charge in [0.25, 0.3) is 0 Å². The van der Waals surface area contributed by atoms with Crippen molar-refractivity contribution >= 4 is 31.0 Å². The number of urea groups is 1. The van der Waals surface area contributed by atoms with Gasteiger partial charge in [0.1, 0.15) is 23.9 Å². The number of aromatic nitrogens is 3. The van der Waals surface area contributed by atoms with Crippen LogP contribution in [0.15, 0.2) is 30.6 Å². The summed E-state index contributed by atoms with van der Waals surface area (Å²) >= 11 is 0. The highest BCUT2D eigenvalue weighted by molar-refractivity contribution is 6.76. The molecule has 2 amide bonds. The Hall–Kier alpha value is -3.19. The highest BCUT2D eigenvalue weighted by Crippen LogP contribution is 2.41. The molecule has 0 radical (unpaired) electrons. The molecular formula is C29H45N7O4Si. The van der Waals surface area contributed by atoms with E-state index in [1.165, 1.54) is 0 Å². The van der Waals surface area contributed by atoms with Gasteiger partial charge in [0.05, 0.1) is 19.8 Å². The number of carbonyl (C=O) groups is 1. The van der Waals surface area contributed by atoms with Crippen LogP contribution in [0.2, 0.25) is 25.7 Å². The molecule has 0 spiro atoms. The van der Waals surface area contributed by atoms with Crippen LogP contribution in [0.1, 0.15) is 6.92 Å². The van der Waals surface area contributed by atoms with Crippen molar-refractivity contribution in [3.05, 3.63) is 30.6 Å². The third kappa shape index (κ3) is 8.19. The van der Waals surface area contributed by atoms with Crippen molar-refractivity contribution in [2.45, 2.75) is 39.3 Å². The minimum Gasteiger partial charge on any atom is -0.496 e. The summed E-state index contributed by atoms with van der Waals surface area (Å²) < 4.78 is 19.3. The van der Waals surface area contributed by atoms with E-state index in [0.29, 0.717) is 43.0 Å². The smallest absolute Gasteiger partial charge is 0.320 e. The molecule has 224 valence electrons. The van der Waals surface area contributed by atoms with Crippen LogP contribution in [-0.4, -0.2) is 105 Å². The van der Waals surface area contributed by atoms with Crippen LogP contribution >= 0.6 is 0 Å². The summed E-state index contributed by atoms with van der Waals surface area (Å²) in [7, 11) is 1.99. The van der Waals surface area contributed by atoms with Gasteiger partial charge in [-0.2, -0.15) is 0 Å². The standard InChI is InChI=1S/C29H45N7O4Si/c1-7-34-14-16-35(17-15-34)13-12-31-29(37)33-25-9-8-22-23(26-24(38-2)10-11-30-28(26)39-3)20-36(27(22)32-25)21-40-18-19-41(4,5)6/h8-11,20H,7,12-19,21H2,1-6H3,(H2,31,32,33,37). The van der Waals surface area contributed by atoms with Crippen molar-refractivity contribution in [1.82, 2.24) is 29.7 Å². The lowest BCUT2D eigenvalue weighted by Gasteiger charge is -2.33. The van der Waals surface area contributed by atoms with Gasteiger partial charge in [-0.3, -0.25) is 10.2 Å². The van der Waals surface area contributed by atoms with Crippen LogP contribution in [0.5, 0.6) is 11.6 Å². The summed E-state index contributed by atoms with van der Waals surface area (Å²) in [5.41, 5.74) is 2.29. The molecule has 1 aliphatic heterocycles. The highest BCUT2D eigenvalue weighted by atomic mass is 28.3. The van der Waals surface area contributed by atoms with E-state index in [0.717, 1.165) is 61.8 Å². The monoisotopic (exact) mass is 583 g/mol. The number of anilines is 1. The molecule has 0 aliphatic carbocycles. The van der Waals surface area contributed by atoms with Crippen molar-refractivity contribution in [3.8, 4) is 22.8 Å². The molecule has 12 heteroatoms. The fourth-order valence-electron chi connectivity index (χ4n) is 4.89. The predicted octanol–water partition coefficient (Wildman–Crippen LogP) is 4.19. The quantitative estimate of drug-likeness (QED) is 0.228. The molecular weight excluding hydrogens is 538 g/mol. The van der Waals surface area contributed by atoms with E-state index >= 15 is 0 Å². The SMILES string of the molecule is CCN1CCN(CCNC(=O)Nc2ccc3c(-c4c(OC)ccnc4OC)cn(COCC[Si](C)(C)C)c3n2)CC1. The number of hydrogen-bond acceptors (Lipinski definition) is 8. The van der Waals surface area contributed by atoms with Crippen molar-refractivity contribution in [2.75, 3.05) is 72.0 Å². The maximum atomic E-state index is 12.7. The lowest BCUT2D eigenvalue weighted by molar-refractivity contribution is 0.0899. The molecule has 4 rings (SSSR count). The van der Waals surface area contributed by atoms with E-state index in [1.54, 1.807) is 26.5 Å². The van der Waals surface area contributed by atoms with Crippen LogP contribution in [0, 0.1) is 0 Å². The number of carbonyl (C=O) groups excluding carboxylic acids is 1. The maximum Gasteiger partial charge on any atom is 0.320 e. The number of piperazine rings is 1. The third-order valence-corrected chi connectivity index (χ3v) is 9.08. The highest BCUT2D eigenvalue weighted by Gasteiger charge is 2.21. The van der Waals surface area contributed by atoms with Crippen molar-refractivity contribution in [2.24, 2.45) is 0 Å². The molecule has 0 aromatic carbocycles. The van der Waals surface area contributed by atoms with Gasteiger partial charge in [-0.05, 0) is 30.8 Å². The van der Waals surface area contributed by atoms with Gasteiger partial charge < -0.3 is 29.0 Å². The van der Waals surface area contributed by atoms with Crippen molar-refractivity contribution in [3.63, 3.8) is 0 Å². The third-order valence-electron chi connectivity index (χ3n) is 7.38. The first kappa shape index (κ1) is 30.8. The van der Waals surface area contributed by atoms with E-state index in [-0.39, 0.29) is 6.03 Å². The molecule has 4 heterocycles. The van der Waals surface area contributed by atoms with E-state index < -0.39 is 8.07 Å². The van der Waals surface area contributed by atoms with Gasteiger partial charge >= 0.3 is 6.03 Å². The number of methoxy groups -OCH3 is 2. The zero-order chi connectivity index (χ0) is 29.4. The number of nitrogens with zero attached hydrogens (tertiary/aromatic N) is 5. The Morgan fingerprint density at radius 1 is 1.05 bits per heavy atom.